The van der Waals surface area contributed by atoms with Gasteiger partial charge in [0.15, 0.2) is 10.1 Å². The molecule has 0 saturated carbocycles. The number of benzene rings is 2. The number of aromatic nitrogens is 2. The zero-order valence-electron chi connectivity index (χ0n) is 14.6. The molecule has 0 aliphatic carbocycles. The van der Waals surface area contributed by atoms with Crippen LogP contribution in [-0.2, 0) is 11.3 Å². The van der Waals surface area contributed by atoms with Crippen LogP contribution in [0.1, 0.15) is 11.3 Å². The number of hydrogen-bond acceptors (Lipinski definition) is 6. The molecule has 0 saturated heterocycles. The number of fused-ring (bicyclic) bond motifs is 1. The van der Waals surface area contributed by atoms with Crippen LogP contribution in [0.25, 0.3) is 21.5 Å². The lowest BCUT2D eigenvalue weighted by Crippen LogP contribution is -2.24. The van der Waals surface area contributed by atoms with E-state index >= 15 is 0 Å². The maximum atomic E-state index is 12.1. The van der Waals surface area contributed by atoms with E-state index in [-0.39, 0.29) is 5.91 Å². The summed E-state index contributed by atoms with van der Waals surface area (Å²) in [4.78, 5) is 16.6. The van der Waals surface area contributed by atoms with E-state index in [0.29, 0.717) is 23.8 Å². The molecule has 2 heterocycles. The molecule has 2 aromatic heterocycles. The first-order valence-corrected chi connectivity index (χ1v) is 10.3. The van der Waals surface area contributed by atoms with Gasteiger partial charge in [0.25, 0.3) is 0 Å². The number of hydrogen-bond donors (Lipinski definition) is 1. The van der Waals surface area contributed by atoms with Crippen LogP contribution in [0.2, 0.25) is 0 Å². The van der Waals surface area contributed by atoms with E-state index in [1.165, 1.54) is 17.3 Å². The summed E-state index contributed by atoms with van der Waals surface area (Å²) in [5, 5.41) is 6.90. The van der Waals surface area contributed by atoms with Crippen LogP contribution >= 0.6 is 23.1 Å². The van der Waals surface area contributed by atoms with Gasteiger partial charge in [-0.1, -0.05) is 58.9 Å². The molecular weight excluding hydrogens is 378 g/mol. The molecule has 0 radical (unpaired) electrons. The van der Waals surface area contributed by atoms with Crippen molar-refractivity contribution in [2.45, 2.75) is 17.8 Å². The molecule has 0 atom stereocenters. The summed E-state index contributed by atoms with van der Waals surface area (Å²) >= 11 is 3.04. The van der Waals surface area contributed by atoms with Crippen molar-refractivity contribution >= 4 is 39.2 Å². The molecule has 0 bridgehead atoms. The monoisotopic (exact) mass is 395 g/mol. The Kier molecular flexibility index (Phi) is 5.22. The van der Waals surface area contributed by atoms with Crippen LogP contribution in [0, 0.1) is 6.92 Å². The Morgan fingerprint density at radius 3 is 2.81 bits per heavy atom. The summed E-state index contributed by atoms with van der Waals surface area (Å²) in [7, 11) is 0. The number of rotatable bonds is 6. The van der Waals surface area contributed by atoms with Crippen LogP contribution in [0.3, 0.4) is 0 Å². The first-order chi connectivity index (χ1) is 13.2. The molecule has 0 aliphatic heterocycles. The Morgan fingerprint density at radius 1 is 1.19 bits per heavy atom. The first kappa shape index (κ1) is 17.8. The first-order valence-electron chi connectivity index (χ1n) is 8.45. The molecule has 5 nitrogen and oxygen atoms in total. The minimum atomic E-state index is -0.0563. The van der Waals surface area contributed by atoms with Crippen molar-refractivity contribution in [2.75, 3.05) is 5.75 Å². The molecule has 7 heteroatoms. The quantitative estimate of drug-likeness (QED) is 0.481. The highest BCUT2D eigenvalue weighted by Gasteiger charge is 2.10. The van der Waals surface area contributed by atoms with Crippen LogP contribution in [-0.4, -0.2) is 21.8 Å². The Balaban J connectivity index is 1.29. The van der Waals surface area contributed by atoms with Crippen molar-refractivity contribution in [3.05, 3.63) is 65.9 Å². The number of para-hydroxylation sites is 1. The average molecular weight is 396 g/mol. The van der Waals surface area contributed by atoms with Crippen molar-refractivity contribution < 1.29 is 9.32 Å². The number of carbonyl (C=O) groups excluding carboxylic acids is 1. The molecule has 1 amide bonds. The summed E-state index contributed by atoms with van der Waals surface area (Å²) in [5.41, 5.74) is 3.83. The number of aryl methyl sites for hydroxylation is 1. The van der Waals surface area contributed by atoms with Gasteiger partial charge >= 0.3 is 0 Å². The van der Waals surface area contributed by atoms with Gasteiger partial charge in [0.05, 0.1) is 22.5 Å². The second-order valence-corrected chi connectivity index (χ2v) is 8.31. The lowest BCUT2D eigenvalue weighted by molar-refractivity contribution is -0.118. The molecule has 0 fully saturated rings. The molecule has 27 heavy (non-hydrogen) atoms. The third kappa shape index (κ3) is 4.37. The standard InChI is InChI=1S/C20H17N3O2S2/c1-13-6-8-14(9-7-13)17-10-15(23-25-17)11-21-19(24)12-26-20-22-16-4-2-3-5-18(16)27-20/h2-10H,11-12H2,1H3,(H,21,24). The summed E-state index contributed by atoms with van der Waals surface area (Å²) in [5.74, 6) is 0.963. The van der Waals surface area contributed by atoms with Crippen molar-refractivity contribution in [1.82, 2.24) is 15.5 Å². The number of nitrogens with one attached hydrogen (secondary N) is 1. The summed E-state index contributed by atoms with van der Waals surface area (Å²) in [6.45, 7) is 2.38. The predicted molar refractivity (Wildman–Crippen MR) is 109 cm³/mol. The van der Waals surface area contributed by atoms with Gasteiger partial charge in [-0.25, -0.2) is 4.98 Å². The molecule has 0 unspecified atom stereocenters. The normalized spacial score (nSPS) is 11.0. The zero-order chi connectivity index (χ0) is 18.6. The van der Waals surface area contributed by atoms with Gasteiger partial charge in [0.1, 0.15) is 5.69 Å². The van der Waals surface area contributed by atoms with Crippen LogP contribution in [0.5, 0.6) is 0 Å². The van der Waals surface area contributed by atoms with Crippen molar-refractivity contribution in [3.63, 3.8) is 0 Å². The van der Waals surface area contributed by atoms with Gasteiger partial charge in [-0.3, -0.25) is 4.79 Å². The average Bonchev–Trinajstić information content (AvgIpc) is 3.32. The highest BCUT2D eigenvalue weighted by molar-refractivity contribution is 8.01. The maximum Gasteiger partial charge on any atom is 0.230 e. The Bertz CT molecular complexity index is 1040. The molecular formula is C20H17N3O2S2. The van der Waals surface area contributed by atoms with Gasteiger partial charge in [0.2, 0.25) is 5.91 Å². The number of nitrogens with zero attached hydrogens (tertiary/aromatic N) is 2. The highest BCUT2D eigenvalue weighted by Crippen LogP contribution is 2.29. The van der Waals surface area contributed by atoms with E-state index < -0.39 is 0 Å². The minimum absolute atomic E-state index is 0.0563. The third-order valence-electron chi connectivity index (χ3n) is 3.96. The number of carbonyl (C=O) groups is 1. The summed E-state index contributed by atoms with van der Waals surface area (Å²) in [6, 6.07) is 17.9. The third-order valence-corrected chi connectivity index (χ3v) is 6.14. The van der Waals surface area contributed by atoms with Gasteiger partial charge in [-0.15, -0.1) is 11.3 Å². The molecule has 0 spiro atoms. The number of amides is 1. The second-order valence-electron chi connectivity index (χ2n) is 6.06. The maximum absolute atomic E-state index is 12.1. The smallest absolute Gasteiger partial charge is 0.230 e. The van der Waals surface area contributed by atoms with Gasteiger partial charge in [-0.05, 0) is 19.1 Å². The van der Waals surface area contributed by atoms with Gasteiger partial charge in [0, 0.05) is 11.6 Å². The zero-order valence-corrected chi connectivity index (χ0v) is 16.3. The van der Waals surface area contributed by atoms with Crippen LogP contribution < -0.4 is 5.32 Å². The highest BCUT2D eigenvalue weighted by atomic mass is 32.2. The topological polar surface area (TPSA) is 68.0 Å². The summed E-state index contributed by atoms with van der Waals surface area (Å²) in [6.07, 6.45) is 0. The molecule has 136 valence electrons. The van der Waals surface area contributed by atoms with Crippen molar-refractivity contribution in [2.24, 2.45) is 0 Å². The van der Waals surface area contributed by atoms with E-state index in [1.54, 1.807) is 11.3 Å². The lowest BCUT2D eigenvalue weighted by atomic mass is 10.1. The fraction of sp³-hybridized carbons (Fsp3) is 0.150. The molecule has 2 aromatic carbocycles. The van der Waals surface area contributed by atoms with E-state index in [4.69, 9.17) is 4.52 Å². The lowest BCUT2D eigenvalue weighted by Gasteiger charge is -2.00. The predicted octanol–water partition coefficient (Wildman–Crippen LogP) is 4.67. The van der Waals surface area contributed by atoms with Crippen LogP contribution in [0.15, 0.2) is 63.5 Å². The van der Waals surface area contributed by atoms with Gasteiger partial charge < -0.3 is 9.84 Å². The Hall–Kier alpha value is -2.64. The van der Waals surface area contributed by atoms with E-state index in [2.05, 4.69) is 15.5 Å². The van der Waals surface area contributed by atoms with E-state index in [1.807, 2.05) is 61.5 Å². The SMILES string of the molecule is Cc1ccc(-c2cc(CNC(=O)CSc3nc4ccccc4s3)no2)cc1. The van der Waals surface area contributed by atoms with Crippen molar-refractivity contribution in [3.8, 4) is 11.3 Å². The molecule has 4 rings (SSSR count). The van der Waals surface area contributed by atoms with Crippen molar-refractivity contribution in [1.29, 1.82) is 0 Å². The summed E-state index contributed by atoms with van der Waals surface area (Å²) < 4.78 is 7.40. The van der Waals surface area contributed by atoms with E-state index in [9.17, 15) is 4.79 Å². The molecule has 1 N–H and O–H groups in total. The Morgan fingerprint density at radius 2 is 2.00 bits per heavy atom. The Labute approximate surface area is 164 Å². The van der Waals surface area contributed by atoms with Gasteiger partial charge in [-0.2, -0.15) is 0 Å². The van der Waals surface area contributed by atoms with Crippen LogP contribution in [0.4, 0.5) is 0 Å². The fourth-order valence-corrected chi connectivity index (χ4v) is 4.43. The fourth-order valence-electron chi connectivity index (χ4n) is 2.53. The molecule has 4 aromatic rings. The molecule has 0 aliphatic rings. The second kappa shape index (κ2) is 7.94. The number of thioether (sulfide) groups is 1. The number of thiazole rings is 1. The largest absolute Gasteiger partial charge is 0.356 e. The minimum Gasteiger partial charge on any atom is -0.356 e. The van der Waals surface area contributed by atoms with E-state index in [0.717, 1.165) is 20.1 Å².